The van der Waals surface area contributed by atoms with Crippen molar-refractivity contribution in [1.29, 1.82) is 0 Å². The first kappa shape index (κ1) is 18.3. The summed E-state index contributed by atoms with van der Waals surface area (Å²) in [6.07, 6.45) is 5.96. The number of furan rings is 2. The fourth-order valence-corrected chi connectivity index (χ4v) is 3.63. The van der Waals surface area contributed by atoms with Gasteiger partial charge in [0.15, 0.2) is 0 Å². The van der Waals surface area contributed by atoms with Crippen LogP contribution in [0.25, 0.3) is 0 Å². The molecule has 3 unspecified atom stereocenters. The van der Waals surface area contributed by atoms with E-state index in [4.69, 9.17) is 20.3 Å². The van der Waals surface area contributed by atoms with Gasteiger partial charge in [-0.1, -0.05) is 27.7 Å². The van der Waals surface area contributed by atoms with E-state index in [-0.39, 0.29) is 17.5 Å². The highest BCUT2D eigenvalue weighted by Crippen LogP contribution is 2.51. The van der Waals surface area contributed by atoms with E-state index in [1.54, 1.807) is 6.26 Å². The summed E-state index contributed by atoms with van der Waals surface area (Å²) in [6.45, 7) is 10.7. The second-order valence-electron chi connectivity index (χ2n) is 8.97. The summed E-state index contributed by atoms with van der Waals surface area (Å²) in [7, 11) is 0. The van der Waals surface area contributed by atoms with Crippen molar-refractivity contribution in [3.8, 4) is 0 Å². The molecular formula is C21H32N2O2. The third-order valence-electron chi connectivity index (χ3n) is 5.62. The lowest BCUT2D eigenvalue weighted by atomic mass is 9.85. The summed E-state index contributed by atoms with van der Waals surface area (Å²) in [5.74, 6) is 3.43. The largest absolute Gasteiger partial charge is 0.467 e. The lowest BCUT2D eigenvalue weighted by Crippen LogP contribution is -2.25. The van der Waals surface area contributed by atoms with Crippen LogP contribution in [0.3, 0.4) is 0 Å². The van der Waals surface area contributed by atoms with Gasteiger partial charge in [0.1, 0.15) is 11.5 Å². The number of hydrogen-bond acceptors (Lipinski definition) is 4. The van der Waals surface area contributed by atoms with Gasteiger partial charge in [-0.3, -0.25) is 0 Å². The third-order valence-corrected chi connectivity index (χ3v) is 5.62. The van der Waals surface area contributed by atoms with Crippen molar-refractivity contribution >= 4 is 0 Å². The first-order valence-corrected chi connectivity index (χ1v) is 9.31. The minimum absolute atomic E-state index is 0.00606. The van der Waals surface area contributed by atoms with Gasteiger partial charge >= 0.3 is 0 Å². The fourth-order valence-electron chi connectivity index (χ4n) is 3.63. The van der Waals surface area contributed by atoms with Gasteiger partial charge in [-0.25, -0.2) is 0 Å². The van der Waals surface area contributed by atoms with E-state index in [9.17, 15) is 0 Å². The summed E-state index contributed by atoms with van der Waals surface area (Å²) in [5, 5.41) is 0. The zero-order valence-corrected chi connectivity index (χ0v) is 16.1. The summed E-state index contributed by atoms with van der Waals surface area (Å²) < 4.78 is 11.3. The van der Waals surface area contributed by atoms with Crippen molar-refractivity contribution in [1.82, 2.24) is 0 Å². The maximum Gasteiger partial charge on any atom is 0.121 e. The predicted molar refractivity (Wildman–Crippen MR) is 100 cm³/mol. The second kappa shape index (κ2) is 6.65. The fraction of sp³-hybridized carbons (Fsp3) is 0.619. The number of nitrogens with two attached hydrogens (primary N) is 2. The van der Waals surface area contributed by atoms with E-state index in [0.29, 0.717) is 17.8 Å². The number of rotatable bonds is 6. The van der Waals surface area contributed by atoms with Crippen LogP contribution in [0.5, 0.6) is 0 Å². The van der Waals surface area contributed by atoms with E-state index in [2.05, 4.69) is 39.8 Å². The maximum absolute atomic E-state index is 6.38. The summed E-state index contributed by atoms with van der Waals surface area (Å²) >= 11 is 0. The van der Waals surface area contributed by atoms with Gasteiger partial charge in [0.05, 0.1) is 24.6 Å². The molecule has 0 bridgehead atoms. The lowest BCUT2D eigenvalue weighted by molar-refractivity contribution is 0.285. The van der Waals surface area contributed by atoms with Gasteiger partial charge in [-0.15, -0.1) is 0 Å². The van der Waals surface area contributed by atoms with Crippen LogP contribution in [-0.4, -0.2) is 0 Å². The van der Waals surface area contributed by atoms with Crippen LogP contribution in [0.15, 0.2) is 33.5 Å². The van der Waals surface area contributed by atoms with E-state index in [1.165, 1.54) is 12.0 Å². The van der Waals surface area contributed by atoms with E-state index in [0.717, 1.165) is 23.5 Å². The van der Waals surface area contributed by atoms with Crippen LogP contribution in [0.1, 0.15) is 81.2 Å². The molecular weight excluding hydrogens is 312 g/mol. The SMILES string of the molecule is Cc1coc([C@H](N)C2CC2CC(C)c2coc([C@H](N)C(C)(C)C)c2)c1. The molecule has 4 N–H and O–H groups in total. The molecule has 0 spiro atoms. The monoisotopic (exact) mass is 344 g/mol. The summed E-state index contributed by atoms with van der Waals surface area (Å²) in [5.41, 5.74) is 15.1. The normalized spacial score (nSPS) is 24.1. The minimum atomic E-state index is -0.0854. The highest BCUT2D eigenvalue weighted by molar-refractivity contribution is 5.21. The molecule has 4 heteroatoms. The molecule has 2 aromatic rings. The molecule has 1 aliphatic rings. The van der Waals surface area contributed by atoms with Crippen LogP contribution in [0.2, 0.25) is 0 Å². The van der Waals surface area contributed by atoms with Gasteiger partial charge < -0.3 is 20.3 Å². The Labute approximate surface area is 150 Å². The molecule has 0 aromatic carbocycles. The van der Waals surface area contributed by atoms with E-state index in [1.807, 2.05) is 13.2 Å². The average molecular weight is 344 g/mol. The molecule has 1 saturated carbocycles. The first-order chi connectivity index (χ1) is 11.7. The van der Waals surface area contributed by atoms with Gasteiger partial charge in [0, 0.05) is 0 Å². The highest BCUT2D eigenvalue weighted by atomic mass is 16.3. The molecule has 3 rings (SSSR count). The maximum atomic E-state index is 6.38. The van der Waals surface area contributed by atoms with Gasteiger partial charge in [0.2, 0.25) is 0 Å². The molecule has 5 atom stereocenters. The molecule has 138 valence electrons. The highest BCUT2D eigenvalue weighted by Gasteiger charge is 2.43. The minimum Gasteiger partial charge on any atom is -0.467 e. The van der Waals surface area contributed by atoms with Crippen molar-refractivity contribution in [2.24, 2.45) is 28.7 Å². The quantitative estimate of drug-likeness (QED) is 0.768. The van der Waals surface area contributed by atoms with Gasteiger partial charge in [-0.2, -0.15) is 0 Å². The smallest absolute Gasteiger partial charge is 0.121 e. The van der Waals surface area contributed by atoms with Crippen LogP contribution in [-0.2, 0) is 0 Å². The van der Waals surface area contributed by atoms with Crippen molar-refractivity contribution in [2.45, 2.75) is 65.5 Å². The third kappa shape index (κ3) is 4.01. The molecule has 4 nitrogen and oxygen atoms in total. The number of aryl methyl sites for hydroxylation is 1. The Morgan fingerprint density at radius 3 is 2.40 bits per heavy atom. The molecule has 2 heterocycles. The van der Waals surface area contributed by atoms with Crippen molar-refractivity contribution in [2.75, 3.05) is 0 Å². The Balaban J connectivity index is 1.57. The molecule has 1 fully saturated rings. The standard InChI is InChI=1S/C21H32N2O2/c1-12-6-17(24-10-12)19(22)16-8-14(16)7-13(2)15-9-18(25-11-15)20(23)21(3,4)5/h6,9-11,13-14,16,19-20H,7-8,22-23H2,1-5H3/t13?,14?,16?,19-,20+/m1/s1. The van der Waals surface area contributed by atoms with Crippen LogP contribution < -0.4 is 11.5 Å². The molecule has 2 aromatic heterocycles. The van der Waals surface area contributed by atoms with Gasteiger partial charge in [-0.05, 0) is 66.2 Å². The van der Waals surface area contributed by atoms with E-state index < -0.39 is 0 Å². The first-order valence-electron chi connectivity index (χ1n) is 9.31. The lowest BCUT2D eigenvalue weighted by Gasteiger charge is -2.24. The Kier molecular flexibility index (Phi) is 4.86. The molecule has 0 aliphatic heterocycles. The van der Waals surface area contributed by atoms with Crippen LogP contribution >= 0.6 is 0 Å². The Morgan fingerprint density at radius 1 is 1.12 bits per heavy atom. The topological polar surface area (TPSA) is 78.3 Å². The summed E-state index contributed by atoms with van der Waals surface area (Å²) in [4.78, 5) is 0. The zero-order chi connectivity index (χ0) is 18.4. The molecule has 1 aliphatic carbocycles. The number of hydrogen-bond donors (Lipinski definition) is 2. The van der Waals surface area contributed by atoms with Gasteiger partial charge in [0.25, 0.3) is 0 Å². The van der Waals surface area contributed by atoms with Crippen molar-refractivity contribution in [3.05, 3.63) is 47.3 Å². The summed E-state index contributed by atoms with van der Waals surface area (Å²) in [6, 6.07) is 4.12. The Hall–Kier alpha value is -1.52. The zero-order valence-electron chi connectivity index (χ0n) is 16.1. The van der Waals surface area contributed by atoms with Crippen molar-refractivity contribution < 1.29 is 8.83 Å². The molecule has 0 radical (unpaired) electrons. The molecule has 25 heavy (non-hydrogen) atoms. The Morgan fingerprint density at radius 2 is 1.80 bits per heavy atom. The molecule has 0 amide bonds. The Bertz CT molecular complexity index is 710. The predicted octanol–water partition coefficient (Wildman–Crippen LogP) is 5.06. The molecule has 0 saturated heterocycles. The van der Waals surface area contributed by atoms with Crippen LogP contribution in [0.4, 0.5) is 0 Å². The van der Waals surface area contributed by atoms with Crippen LogP contribution in [0, 0.1) is 24.2 Å². The van der Waals surface area contributed by atoms with Crippen molar-refractivity contribution in [3.63, 3.8) is 0 Å². The second-order valence-corrected chi connectivity index (χ2v) is 8.97. The van der Waals surface area contributed by atoms with E-state index >= 15 is 0 Å². The average Bonchev–Trinajstić information content (AvgIpc) is 2.96.